The lowest BCUT2D eigenvalue weighted by Crippen LogP contribution is -2.33. The van der Waals surface area contributed by atoms with Crippen LogP contribution < -0.4 is 10.2 Å². The lowest BCUT2D eigenvalue weighted by Gasteiger charge is -2.12. The molecule has 0 aliphatic heterocycles. The van der Waals surface area contributed by atoms with Crippen LogP contribution in [0.3, 0.4) is 0 Å². The van der Waals surface area contributed by atoms with Gasteiger partial charge in [0, 0.05) is 6.21 Å². The van der Waals surface area contributed by atoms with Gasteiger partial charge in [0.05, 0.1) is 0 Å². The van der Waals surface area contributed by atoms with Crippen LogP contribution in [0.15, 0.2) is 65.8 Å². The fourth-order valence-corrected chi connectivity index (χ4v) is 1.83. The zero-order valence-corrected chi connectivity index (χ0v) is 13.3. The van der Waals surface area contributed by atoms with Gasteiger partial charge in [0.1, 0.15) is 5.75 Å². The Labute approximate surface area is 136 Å². The molecule has 1 amide bonds. The second-order valence-electron chi connectivity index (χ2n) is 5.10. The van der Waals surface area contributed by atoms with Crippen LogP contribution in [0, 0.1) is 6.92 Å². The summed E-state index contributed by atoms with van der Waals surface area (Å²) in [5, 5.41) is 3.87. The summed E-state index contributed by atoms with van der Waals surface area (Å²) in [7, 11) is 0. The van der Waals surface area contributed by atoms with Crippen LogP contribution in [0.4, 0.5) is 0 Å². The number of hydrogen-bond donors (Lipinski definition) is 1. The van der Waals surface area contributed by atoms with E-state index in [0.717, 1.165) is 11.1 Å². The van der Waals surface area contributed by atoms with Crippen LogP contribution in [0.25, 0.3) is 6.08 Å². The minimum absolute atomic E-state index is 0.296. The summed E-state index contributed by atoms with van der Waals surface area (Å²) in [4.78, 5) is 11.9. The molecule has 4 heteroatoms. The van der Waals surface area contributed by atoms with E-state index in [1.165, 1.54) is 6.21 Å². The normalized spacial score (nSPS) is 12.4. The molecule has 0 saturated carbocycles. The average molecular weight is 308 g/mol. The number of carbonyl (C=O) groups excluding carboxylic acids is 1. The standard InChI is InChI=1S/C19H20N2O2/c1-15-10-12-18(13-11-15)23-16(2)19(22)21-20-14-6-9-17-7-4-3-5-8-17/h3-14,16H,1-2H3,(H,21,22)/b9-6+,20-14?/t16-/m1/s1. The maximum Gasteiger partial charge on any atom is 0.280 e. The smallest absolute Gasteiger partial charge is 0.280 e. The zero-order chi connectivity index (χ0) is 16.5. The number of nitrogens with one attached hydrogen (secondary N) is 1. The van der Waals surface area contributed by atoms with Gasteiger partial charge in [0.2, 0.25) is 0 Å². The molecule has 1 N–H and O–H groups in total. The molecular formula is C19H20N2O2. The van der Waals surface area contributed by atoms with Crippen LogP contribution in [-0.4, -0.2) is 18.2 Å². The third-order valence-corrected chi connectivity index (χ3v) is 3.13. The average Bonchev–Trinajstić information content (AvgIpc) is 2.57. The second kappa shape index (κ2) is 8.54. The largest absolute Gasteiger partial charge is 0.481 e. The second-order valence-corrected chi connectivity index (χ2v) is 5.10. The van der Waals surface area contributed by atoms with Crippen LogP contribution in [0.5, 0.6) is 5.75 Å². The van der Waals surface area contributed by atoms with E-state index in [4.69, 9.17) is 4.74 Å². The van der Waals surface area contributed by atoms with Crippen molar-refractivity contribution < 1.29 is 9.53 Å². The van der Waals surface area contributed by atoms with Crippen molar-refractivity contribution in [3.63, 3.8) is 0 Å². The maximum atomic E-state index is 11.9. The van der Waals surface area contributed by atoms with Crippen molar-refractivity contribution in [2.45, 2.75) is 20.0 Å². The molecular weight excluding hydrogens is 288 g/mol. The highest BCUT2D eigenvalue weighted by Crippen LogP contribution is 2.13. The highest BCUT2D eigenvalue weighted by molar-refractivity contribution is 5.83. The third kappa shape index (κ3) is 5.79. The SMILES string of the molecule is Cc1ccc(O[C@H](C)C(=O)NN=C/C=C/c2ccccc2)cc1. The molecule has 0 radical (unpaired) electrons. The first-order valence-electron chi connectivity index (χ1n) is 7.43. The van der Waals surface area contributed by atoms with Gasteiger partial charge in [0.15, 0.2) is 6.10 Å². The quantitative estimate of drug-likeness (QED) is 0.655. The number of allylic oxidation sites excluding steroid dienone is 1. The predicted octanol–water partition coefficient (Wildman–Crippen LogP) is 3.58. The Hall–Kier alpha value is -2.88. The number of benzene rings is 2. The van der Waals surface area contributed by atoms with Crippen molar-refractivity contribution in [3.05, 3.63) is 71.8 Å². The molecule has 23 heavy (non-hydrogen) atoms. The van der Waals surface area contributed by atoms with Gasteiger partial charge in [-0.2, -0.15) is 5.10 Å². The molecule has 0 aliphatic rings. The lowest BCUT2D eigenvalue weighted by atomic mass is 10.2. The zero-order valence-electron chi connectivity index (χ0n) is 13.3. The summed E-state index contributed by atoms with van der Waals surface area (Å²) in [6.07, 6.45) is 4.58. The minimum Gasteiger partial charge on any atom is -0.481 e. The molecule has 118 valence electrons. The first-order chi connectivity index (χ1) is 11.1. The Kier molecular flexibility index (Phi) is 6.12. The Balaban J connectivity index is 1.78. The first kappa shape index (κ1) is 16.5. The van der Waals surface area contributed by atoms with Gasteiger partial charge in [-0.05, 0) is 37.6 Å². The minimum atomic E-state index is -0.618. The van der Waals surface area contributed by atoms with Gasteiger partial charge in [-0.3, -0.25) is 4.79 Å². The molecule has 0 heterocycles. The molecule has 4 nitrogen and oxygen atoms in total. The molecule has 0 saturated heterocycles. The van der Waals surface area contributed by atoms with E-state index >= 15 is 0 Å². The van der Waals surface area contributed by atoms with Crippen molar-refractivity contribution >= 4 is 18.2 Å². The number of rotatable bonds is 6. The fourth-order valence-electron chi connectivity index (χ4n) is 1.83. The number of amides is 1. The summed E-state index contributed by atoms with van der Waals surface area (Å²) in [6, 6.07) is 17.4. The number of ether oxygens (including phenoxy) is 1. The molecule has 1 atom stereocenters. The van der Waals surface area contributed by atoms with E-state index < -0.39 is 6.10 Å². The van der Waals surface area contributed by atoms with Crippen molar-refractivity contribution in [2.75, 3.05) is 0 Å². The van der Waals surface area contributed by atoms with E-state index in [1.54, 1.807) is 13.0 Å². The number of hydrazone groups is 1. The molecule has 0 fully saturated rings. The van der Waals surface area contributed by atoms with Crippen molar-refractivity contribution in [3.8, 4) is 5.75 Å². The maximum absolute atomic E-state index is 11.9. The Morgan fingerprint density at radius 3 is 2.52 bits per heavy atom. The lowest BCUT2D eigenvalue weighted by molar-refractivity contribution is -0.127. The van der Waals surface area contributed by atoms with Crippen LogP contribution >= 0.6 is 0 Å². The summed E-state index contributed by atoms with van der Waals surface area (Å²) >= 11 is 0. The number of carbonyl (C=O) groups is 1. The first-order valence-corrected chi connectivity index (χ1v) is 7.43. The molecule has 2 aromatic carbocycles. The van der Waals surface area contributed by atoms with Crippen LogP contribution in [0.2, 0.25) is 0 Å². The van der Waals surface area contributed by atoms with E-state index in [2.05, 4.69) is 10.5 Å². The number of nitrogens with zero attached hydrogens (tertiary/aromatic N) is 1. The molecule has 0 aliphatic carbocycles. The predicted molar refractivity (Wildman–Crippen MR) is 93.4 cm³/mol. The van der Waals surface area contributed by atoms with E-state index in [1.807, 2.05) is 67.6 Å². The molecule has 2 rings (SSSR count). The Bertz CT molecular complexity index is 676. The van der Waals surface area contributed by atoms with Gasteiger partial charge in [0.25, 0.3) is 5.91 Å². The summed E-state index contributed by atoms with van der Waals surface area (Å²) in [5.74, 6) is 0.362. The molecule has 0 aromatic heterocycles. The van der Waals surface area contributed by atoms with Gasteiger partial charge < -0.3 is 4.74 Å². The van der Waals surface area contributed by atoms with E-state index in [9.17, 15) is 4.79 Å². The fraction of sp³-hybridized carbons (Fsp3) is 0.158. The van der Waals surface area contributed by atoms with Crippen molar-refractivity contribution in [1.82, 2.24) is 5.43 Å². The molecule has 2 aromatic rings. The van der Waals surface area contributed by atoms with Crippen molar-refractivity contribution in [2.24, 2.45) is 5.10 Å². The number of hydrogen-bond acceptors (Lipinski definition) is 3. The Morgan fingerprint density at radius 2 is 1.83 bits per heavy atom. The highest BCUT2D eigenvalue weighted by atomic mass is 16.5. The van der Waals surface area contributed by atoms with E-state index in [0.29, 0.717) is 5.75 Å². The van der Waals surface area contributed by atoms with Gasteiger partial charge in [-0.1, -0.05) is 54.1 Å². The summed E-state index contributed by atoms with van der Waals surface area (Å²) in [5.41, 5.74) is 4.67. The Morgan fingerprint density at radius 1 is 1.13 bits per heavy atom. The monoisotopic (exact) mass is 308 g/mol. The topological polar surface area (TPSA) is 50.7 Å². The molecule has 0 bridgehead atoms. The summed E-state index contributed by atoms with van der Waals surface area (Å²) in [6.45, 7) is 3.68. The van der Waals surface area contributed by atoms with Crippen molar-refractivity contribution in [1.29, 1.82) is 0 Å². The van der Waals surface area contributed by atoms with Crippen LogP contribution in [0.1, 0.15) is 18.1 Å². The summed E-state index contributed by atoms with van der Waals surface area (Å²) < 4.78 is 5.55. The van der Waals surface area contributed by atoms with Gasteiger partial charge in [-0.25, -0.2) is 5.43 Å². The number of aryl methyl sites for hydroxylation is 1. The third-order valence-electron chi connectivity index (χ3n) is 3.13. The van der Waals surface area contributed by atoms with Crippen LogP contribution in [-0.2, 0) is 4.79 Å². The molecule has 0 spiro atoms. The van der Waals surface area contributed by atoms with Gasteiger partial charge >= 0.3 is 0 Å². The highest BCUT2D eigenvalue weighted by Gasteiger charge is 2.13. The van der Waals surface area contributed by atoms with Gasteiger partial charge in [-0.15, -0.1) is 0 Å². The molecule has 0 unspecified atom stereocenters. The van der Waals surface area contributed by atoms with E-state index in [-0.39, 0.29) is 5.91 Å².